The Labute approximate surface area is 177 Å². The van der Waals surface area contributed by atoms with Gasteiger partial charge in [0.2, 0.25) is 0 Å². The predicted molar refractivity (Wildman–Crippen MR) is 117 cm³/mol. The monoisotopic (exact) mass is 485 g/mol. The molecule has 3 N–H and O–H groups in total. The normalized spacial score (nSPS) is 11.5. The summed E-state index contributed by atoms with van der Waals surface area (Å²) >= 11 is 0. The van der Waals surface area contributed by atoms with Gasteiger partial charge in [-0.25, -0.2) is 4.98 Å². The molecule has 0 saturated carbocycles. The van der Waals surface area contributed by atoms with Crippen LogP contribution in [0.5, 0.6) is 0 Å². The highest BCUT2D eigenvalue weighted by Gasteiger charge is 2.15. The molecule has 2 aromatic rings. The maximum Gasteiger partial charge on any atom is 0.251 e. The van der Waals surface area contributed by atoms with Gasteiger partial charge in [0.15, 0.2) is 5.96 Å². The minimum Gasteiger partial charge on any atom is -0.352 e. The van der Waals surface area contributed by atoms with E-state index in [9.17, 15) is 4.79 Å². The van der Waals surface area contributed by atoms with Crippen molar-refractivity contribution in [3.8, 4) is 0 Å². The van der Waals surface area contributed by atoms with Crippen LogP contribution in [0.4, 0.5) is 0 Å². The van der Waals surface area contributed by atoms with Crippen LogP contribution < -0.4 is 16.0 Å². The third kappa shape index (κ3) is 7.53. The third-order valence-corrected chi connectivity index (χ3v) is 3.58. The molecule has 0 saturated heterocycles. The maximum absolute atomic E-state index is 12.3. The fraction of sp³-hybridized carbons (Fsp3) is 0.444. The molecule has 2 rings (SSSR count). The van der Waals surface area contributed by atoms with E-state index in [2.05, 4.69) is 31.0 Å². The van der Waals surface area contributed by atoms with Crippen LogP contribution in [0.25, 0.3) is 0 Å². The predicted octanol–water partition coefficient (Wildman–Crippen LogP) is 1.83. The molecular formula is C18H28IN7O. The van der Waals surface area contributed by atoms with Gasteiger partial charge < -0.3 is 16.0 Å². The number of carbonyl (C=O) groups excluding carboxylic acids is 1. The molecule has 8 nitrogen and oxygen atoms in total. The van der Waals surface area contributed by atoms with Gasteiger partial charge in [-0.2, -0.15) is 5.10 Å². The Morgan fingerprint density at radius 3 is 2.52 bits per heavy atom. The molecule has 1 amide bonds. The van der Waals surface area contributed by atoms with Crippen molar-refractivity contribution in [1.82, 2.24) is 30.7 Å². The number of guanidine groups is 1. The van der Waals surface area contributed by atoms with E-state index < -0.39 is 0 Å². The van der Waals surface area contributed by atoms with Gasteiger partial charge in [0.05, 0.1) is 6.54 Å². The fourth-order valence-electron chi connectivity index (χ4n) is 2.28. The number of aliphatic imine (C=N–C) groups is 1. The summed E-state index contributed by atoms with van der Waals surface area (Å²) < 4.78 is 1.71. The molecule has 0 fully saturated rings. The van der Waals surface area contributed by atoms with Crippen LogP contribution >= 0.6 is 24.0 Å². The van der Waals surface area contributed by atoms with Crippen molar-refractivity contribution in [2.24, 2.45) is 12.0 Å². The van der Waals surface area contributed by atoms with Crippen LogP contribution in [0.3, 0.4) is 0 Å². The lowest BCUT2D eigenvalue weighted by Gasteiger charge is -2.20. The molecule has 0 atom stereocenters. The lowest BCUT2D eigenvalue weighted by molar-refractivity contribution is 0.0919. The van der Waals surface area contributed by atoms with Crippen LogP contribution in [0.15, 0.2) is 35.6 Å². The highest BCUT2D eigenvalue weighted by atomic mass is 127. The summed E-state index contributed by atoms with van der Waals surface area (Å²) in [6, 6.07) is 7.54. The Bertz CT molecular complexity index is 780. The third-order valence-electron chi connectivity index (χ3n) is 3.58. The quantitative estimate of drug-likeness (QED) is 0.341. The van der Waals surface area contributed by atoms with Crippen LogP contribution in [-0.2, 0) is 20.1 Å². The summed E-state index contributed by atoms with van der Waals surface area (Å²) in [5, 5.41) is 13.4. The molecule has 0 unspecified atom stereocenters. The lowest BCUT2D eigenvalue weighted by Crippen LogP contribution is -2.40. The number of carbonyl (C=O) groups is 1. The second-order valence-electron chi connectivity index (χ2n) is 6.98. The summed E-state index contributed by atoms with van der Waals surface area (Å²) in [7, 11) is 3.55. The molecule has 1 aromatic heterocycles. The second-order valence-corrected chi connectivity index (χ2v) is 6.98. The van der Waals surface area contributed by atoms with Gasteiger partial charge in [-0.1, -0.05) is 12.1 Å². The van der Waals surface area contributed by atoms with Crippen molar-refractivity contribution >= 4 is 35.8 Å². The minimum absolute atomic E-state index is 0. The second kappa shape index (κ2) is 10.2. The lowest BCUT2D eigenvalue weighted by atomic mass is 10.1. The van der Waals surface area contributed by atoms with E-state index in [0.717, 1.165) is 11.4 Å². The fourth-order valence-corrected chi connectivity index (χ4v) is 2.28. The smallest absolute Gasteiger partial charge is 0.251 e. The zero-order valence-electron chi connectivity index (χ0n) is 16.4. The first kappa shape index (κ1) is 22.9. The van der Waals surface area contributed by atoms with Gasteiger partial charge in [0.1, 0.15) is 12.2 Å². The molecule has 9 heteroatoms. The Morgan fingerprint density at radius 1 is 1.22 bits per heavy atom. The topological polar surface area (TPSA) is 96.2 Å². The number of aryl methyl sites for hydroxylation is 1. The zero-order valence-corrected chi connectivity index (χ0v) is 18.7. The molecule has 148 valence electrons. The standard InChI is InChI=1S/C18H27N7O.HI/c1-18(2,3)24-16(26)14-8-6-7-13(9-14)10-20-17(19-4)21-11-15-22-12-23-25(15)5;/h6-9,12H,10-11H2,1-5H3,(H,24,26)(H2,19,20,21);1H. The number of aromatic nitrogens is 3. The van der Waals surface area contributed by atoms with E-state index >= 15 is 0 Å². The number of benzene rings is 1. The summed E-state index contributed by atoms with van der Waals surface area (Å²) in [6.07, 6.45) is 1.52. The Morgan fingerprint density at radius 2 is 1.93 bits per heavy atom. The zero-order chi connectivity index (χ0) is 19.2. The maximum atomic E-state index is 12.3. The Hall–Kier alpha value is -2.17. The van der Waals surface area contributed by atoms with Crippen molar-refractivity contribution in [2.45, 2.75) is 39.4 Å². The first-order chi connectivity index (χ1) is 12.3. The van der Waals surface area contributed by atoms with E-state index in [1.807, 2.05) is 52.1 Å². The van der Waals surface area contributed by atoms with Crippen LogP contribution in [0.1, 0.15) is 42.5 Å². The van der Waals surface area contributed by atoms with Crippen LogP contribution in [-0.4, -0.2) is 39.2 Å². The Balaban J connectivity index is 0.00000364. The van der Waals surface area contributed by atoms with E-state index in [1.165, 1.54) is 6.33 Å². The van der Waals surface area contributed by atoms with Crippen molar-refractivity contribution in [3.05, 3.63) is 47.5 Å². The van der Waals surface area contributed by atoms with E-state index in [1.54, 1.807) is 11.7 Å². The van der Waals surface area contributed by atoms with Crippen LogP contribution in [0, 0.1) is 0 Å². The first-order valence-corrected chi connectivity index (χ1v) is 8.47. The molecule has 0 radical (unpaired) electrons. The molecule has 0 aliphatic rings. The van der Waals surface area contributed by atoms with Crippen molar-refractivity contribution in [3.63, 3.8) is 0 Å². The van der Waals surface area contributed by atoms with Gasteiger partial charge in [0, 0.05) is 31.7 Å². The minimum atomic E-state index is -0.267. The van der Waals surface area contributed by atoms with Crippen LogP contribution in [0.2, 0.25) is 0 Å². The number of hydrogen-bond donors (Lipinski definition) is 3. The molecule has 0 bridgehead atoms. The average molecular weight is 485 g/mol. The molecule has 1 heterocycles. The van der Waals surface area contributed by atoms with Gasteiger partial charge in [-0.05, 0) is 38.5 Å². The molecule has 1 aromatic carbocycles. The van der Waals surface area contributed by atoms with E-state index in [-0.39, 0.29) is 35.4 Å². The van der Waals surface area contributed by atoms with E-state index in [0.29, 0.717) is 24.6 Å². The van der Waals surface area contributed by atoms with Crippen molar-refractivity contribution < 1.29 is 4.79 Å². The largest absolute Gasteiger partial charge is 0.352 e. The Kier molecular flexibility index (Phi) is 8.67. The summed E-state index contributed by atoms with van der Waals surface area (Å²) in [5.41, 5.74) is 1.37. The van der Waals surface area contributed by atoms with Gasteiger partial charge in [-0.15, -0.1) is 24.0 Å². The molecule has 0 aliphatic carbocycles. The van der Waals surface area contributed by atoms with Crippen molar-refractivity contribution in [1.29, 1.82) is 0 Å². The van der Waals surface area contributed by atoms with Crippen molar-refractivity contribution in [2.75, 3.05) is 7.05 Å². The number of nitrogens with zero attached hydrogens (tertiary/aromatic N) is 4. The summed E-state index contributed by atoms with van der Waals surface area (Å²) in [6.45, 7) is 6.95. The summed E-state index contributed by atoms with van der Waals surface area (Å²) in [4.78, 5) is 20.6. The number of nitrogens with one attached hydrogen (secondary N) is 3. The molecule has 0 aliphatic heterocycles. The highest BCUT2D eigenvalue weighted by Crippen LogP contribution is 2.08. The average Bonchev–Trinajstić information content (AvgIpc) is 2.99. The highest BCUT2D eigenvalue weighted by molar-refractivity contribution is 14.0. The number of rotatable bonds is 5. The van der Waals surface area contributed by atoms with E-state index in [4.69, 9.17) is 0 Å². The first-order valence-electron chi connectivity index (χ1n) is 8.47. The molecular weight excluding hydrogens is 457 g/mol. The van der Waals surface area contributed by atoms with Gasteiger partial charge in [0.25, 0.3) is 5.91 Å². The van der Waals surface area contributed by atoms with Gasteiger partial charge >= 0.3 is 0 Å². The summed E-state index contributed by atoms with van der Waals surface area (Å²) in [5.74, 6) is 1.38. The number of halogens is 1. The molecule has 0 spiro atoms. The molecule has 27 heavy (non-hydrogen) atoms. The number of hydrogen-bond acceptors (Lipinski definition) is 4. The SMILES string of the molecule is CN=C(NCc1cccc(C(=O)NC(C)(C)C)c1)NCc1ncnn1C.I. The van der Waals surface area contributed by atoms with Gasteiger partial charge in [-0.3, -0.25) is 14.5 Å². The number of amides is 1.